The monoisotopic (exact) mass is 396 g/mol. The van der Waals surface area contributed by atoms with Crippen molar-refractivity contribution in [2.45, 2.75) is 30.2 Å². The Morgan fingerprint density at radius 1 is 1.31 bits per heavy atom. The van der Waals surface area contributed by atoms with Crippen LogP contribution in [0.4, 0.5) is 5.69 Å². The Morgan fingerprint density at radius 3 is 2.73 bits per heavy atom. The average molecular weight is 396 g/mol. The summed E-state index contributed by atoms with van der Waals surface area (Å²) in [6.07, 6.45) is 1.06. The number of benzene rings is 1. The number of aliphatic imine (C=N–C) groups is 1. The highest BCUT2D eigenvalue weighted by molar-refractivity contribution is 8.16. The van der Waals surface area contributed by atoms with E-state index in [1.165, 1.54) is 11.8 Å². The third-order valence-corrected chi connectivity index (χ3v) is 8.04. The van der Waals surface area contributed by atoms with Crippen LogP contribution >= 0.6 is 11.8 Å². The van der Waals surface area contributed by atoms with Crippen LogP contribution in [-0.2, 0) is 19.4 Å². The van der Waals surface area contributed by atoms with E-state index in [0.717, 1.165) is 12.1 Å². The molecular formula is C17H20N2O5S2. The Bertz CT molecular complexity index is 831. The Kier molecular flexibility index (Phi) is 4.70. The molecule has 7 nitrogen and oxygen atoms in total. The van der Waals surface area contributed by atoms with E-state index in [0.29, 0.717) is 23.9 Å². The van der Waals surface area contributed by atoms with Crippen molar-refractivity contribution < 1.29 is 22.7 Å². The smallest absolute Gasteiger partial charge is 0.277 e. The van der Waals surface area contributed by atoms with Crippen LogP contribution in [0.5, 0.6) is 5.75 Å². The lowest BCUT2D eigenvalue weighted by molar-refractivity contribution is -0.126. The number of thioether (sulfide) groups is 1. The summed E-state index contributed by atoms with van der Waals surface area (Å²) in [7, 11) is -1.49. The van der Waals surface area contributed by atoms with Gasteiger partial charge in [-0.25, -0.2) is 8.42 Å². The Labute approximate surface area is 156 Å². The number of amides is 1. The summed E-state index contributed by atoms with van der Waals surface area (Å²) in [6, 6.07) is 7.14. The number of carbonyl (C=O) groups is 1. The lowest BCUT2D eigenvalue weighted by Gasteiger charge is -2.24. The lowest BCUT2D eigenvalue weighted by Crippen LogP contribution is -2.38. The summed E-state index contributed by atoms with van der Waals surface area (Å²) in [5, 5.41) is 0.443. The van der Waals surface area contributed by atoms with E-state index in [1.54, 1.807) is 7.11 Å². The van der Waals surface area contributed by atoms with Crippen LogP contribution in [-0.4, -0.2) is 62.1 Å². The summed E-state index contributed by atoms with van der Waals surface area (Å²) >= 11 is 1.37. The van der Waals surface area contributed by atoms with Crippen LogP contribution < -0.4 is 9.64 Å². The molecule has 0 aromatic heterocycles. The summed E-state index contributed by atoms with van der Waals surface area (Å²) in [5.41, 5.74) is 0.807. The van der Waals surface area contributed by atoms with Gasteiger partial charge >= 0.3 is 0 Å². The number of ether oxygens (including phenoxy) is 2. The normalized spacial score (nSPS) is 31.3. The number of methoxy groups -OCH3 is 1. The molecule has 1 amide bonds. The first-order chi connectivity index (χ1) is 12.5. The molecule has 0 saturated carbocycles. The maximum Gasteiger partial charge on any atom is 0.277 e. The number of hydrogen-bond donors (Lipinski definition) is 0. The molecule has 0 aliphatic carbocycles. The zero-order valence-electron chi connectivity index (χ0n) is 14.3. The second-order valence-corrected chi connectivity index (χ2v) is 9.96. The summed E-state index contributed by atoms with van der Waals surface area (Å²) < 4.78 is 34.8. The van der Waals surface area contributed by atoms with E-state index in [9.17, 15) is 13.2 Å². The first-order valence-corrected chi connectivity index (χ1v) is 11.2. The molecule has 0 N–H and O–H groups in total. The predicted molar refractivity (Wildman–Crippen MR) is 101 cm³/mol. The van der Waals surface area contributed by atoms with Gasteiger partial charge in [0.2, 0.25) is 0 Å². The van der Waals surface area contributed by atoms with Gasteiger partial charge in [-0.05, 0) is 37.1 Å². The summed E-state index contributed by atoms with van der Waals surface area (Å²) in [5.74, 6) is 0.614. The molecule has 1 aromatic carbocycles. The van der Waals surface area contributed by atoms with Gasteiger partial charge in [-0.1, -0.05) is 11.8 Å². The number of carbonyl (C=O) groups excluding carboxylic acids is 1. The third-order valence-electron chi connectivity index (χ3n) is 4.83. The SMILES string of the molecule is COc1ccc(N2C(=NC(=O)[C@H]3CCCO3)S[C@H]3CS(=O)(=O)C[C@@H]32)cc1. The van der Waals surface area contributed by atoms with Crippen LogP contribution in [0, 0.1) is 0 Å². The number of anilines is 1. The molecule has 0 bridgehead atoms. The van der Waals surface area contributed by atoms with Crippen molar-refractivity contribution in [2.75, 3.05) is 30.1 Å². The van der Waals surface area contributed by atoms with Gasteiger partial charge in [0.25, 0.3) is 5.91 Å². The van der Waals surface area contributed by atoms with Crippen LogP contribution in [0.15, 0.2) is 29.3 Å². The zero-order valence-corrected chi connectivity index (χ0v) is 16.0. The van der Waals surface area contributed by atoms with Crippen LogP contribution in [0.25, 0.3) is 0 Å². The number of amidine groups is 1. The van der Waals surface area contributed by atoms with Crippen LogP contribution in [0.2, 0.25) is 0 Å². The molecule has 0 spiro atoms. The minimum Gasteiger partial charge on any atom is -0.497 e. The predicted octanol–water partition coefficient (Wildman–Crippen LogP) is 1.48. The second kappa shape index (κ2) is 6.86. The molecule has 0 radical (unpaired) electrons. The Morgan fingerprint density at radius 2 is 2.08 bits per heavy atom. The topological polar surface area (TPSA) is 85.3 Å². The molecule has 3 saturated heterocycles. The molecule has 3 heterocycles. The molecular weight excluding hydrogens is 376 g/mol. The highest BCUT2D eigenvalue weighted by atomic mass is 32.2. The van der Waals surface area contributed by atoms with Crippen molar-refractivity contribution in [3.8, 4) is 5.75 Å². The summed E-state index contributed by atoms with van der Waals surface area (Å²) in [6.45, 7) is 0.583. The van der Waals surface area contributed by atoms with Gasteiger partial charge in [-0.2, -0.15) is 4.99 Å². The van der Waals surface area contributed by atoms with Crippen LogP contribution in [0.1, 0.15) is 12.8 Å². The quantitative estimate of drug-likeness (QED) is 0.765. The van der Waals surface area contributed by atoms with E-state index in [2.05, 4.69) is 4.99 Å². The van der Waals surface area contributed by atoms with Gasteiger partial charge < -0.3 is 14.4 Å². The molecule has 3 atom stereocenters. The number of sulfone groups is 1. The average Bonchev–Trinajstić information content (AvgIpc) is 3.30. The largest absolute Gasteiger partial charge is 0.497 e. The first-order valence-electron chi connectivity index (χ1n) is 8.51. The minimum atomic E-state index is -3.08. The number of rotatable bonds is 3. The van der Waals surface area contributed by atoms with Gasteiger partial charge in [0.05, 0.1) is 24.7 Å². The maximum atomic E-state index is 12.4. The van der Waals surface area contributed by atoms with Gasteiger partial charge in [-0.15, -0.1) is 0 Å². The zero-order chi connectivity index (χ0) is 18.3. The van der Waals surface area contributed by atoms with Crippen molar-refractivity contribution in [2.24, 2.45) is 4.99 Å². The molecule has 4 rings (SSSR count). The third kappa shape index (κ3) is 3.35. The highest BCUT2D eigenvalue weighted by Gasteiger charge is 2.49. The van der Waals surface area contributed by atoms with Crippen LogP contribution in [0.3, 0.4) is 0 Å². The van der Waals surface area contributed by atoms with Crippen molar-refractivity contribution in [1.82, 2.24) is 0 Å². The first kappa shape index (κ1) is 17.8. The summed E-state index contributed by atoms with van der Waals surface area (Å²) in [4.78, 5) is 18.6. The highest BCUT2D eigenvalue weighted by Crippen LogP contribution is 2.41. The van der Waals surface area contributed by atoms with E-state index >= 15 is 0 Å². The van der Waals surface area contributed by atoms with Gasteiger partial charge in [-0.3, -0.25) is 4.79 Å². The lowest BCUT2D eigenvalue weighted by atomic mass is 10.2. The molecule has 9 heteroatoms. The molecule has 3 fully saturated rings. The number of nitrogens with zero attached hydrogens (tertiary/aromatic N) is 2. The standard InChI is InChI=1S/C17H20N2O5S2/c1-23-12-6-4-11(5-7-12)19-13-9-26(21,22)10-15(13)25-17(19)18-16(20)14-3-2-8-24-14/h4-7,13-15H,2-3,8-10H2,1H3/t13-,14+,15-/m0/s1. The number of fused-ring (bicyclic) bond motifs is 1. The molecule has 26 heavy (non-hydrogen) atoms. The molecule has 140 valence electrons. The fourth-order valence-electron chi connectivity index (χ4n) is 3.55. The van der Waals surface area contributed by atoms with E-state index in [1.807, 2.05) is 29.2 Å². The van der Waals surface area contributed by atoms with E-state index in [4.69, 9.17) is 9.47 Å². The molecule has 3 aliphatic rings. The van der Waals surface area contributed by atoms with Crippen molar-refractivity contribution in [3.63, 3.8) is 0 Å². The molecule has 1 aromatic rings. The Balaban J connectivity index is 1.67. The molecule has 0 unspecified atom stereocenters. The molecule has 3 aliphatic heterocycles. The van der Waals surface area contributed by atoms with Crippen molar-refractivity contribution in [3.05, 3.63) is 24.3 Å². The fraction of sp³-hybridized carbons (Fsp3) is 0.529. The van der Waals surface area contributed by atoms with E-state index < -0.39 is 15.9 Å². The van der Waals surface area contributed by atoms with Crippen molar-refractivity contribution >= 4 is 38.4 Å². The van der Waals surface area contributed by atoms with E-state index in [-0.39, 0.29) is 28.7 Å². The number of hydrogen-bond acceptors (Lipinski definition) is 6. The van der Waals surface area contributed by atoms with Gasteiger partial charge in [0, 0.05) is 17.5 Å². The van der Waals surface area contributed by atoms with Crippen molar-refractivity contribution in [1.29, 1.82) is 0 Å². The minimum absolute atomic E-state index is 0.0732. The maximum absolute atomic E-state index is 12.4. The Hall–Kier alpha value is -1.58. The second-order valence-electron chi connectivity index (χ2n) is 6.60. The fourth-order valence-corrected chi connectivity index (χ4v) is 7.47. The van der Waals surface area contributed by atoms with Gasteiger partial charge in [0.1, 0.15) is 11.9 Å². The van der Waals surface area contributed by atoms with Gasteiger partial charge in [0.15, 0.2) is 15.0 Å².